The van der Waals surface area contributed by atoms with Gasteiger partial charge < -0.3 is 5.32 Å². The number of primary sulfonamides is 1. The first-order valence-corrected chi connectivity index (χ1v) is 7.66. The Morgan fingerprint density at radius 3 is 2.65 bits per heavy atom. The first-order valence-electron chi connectivity index (χ1n) is 6.12. The second-order valence-corrected chi connectivity index (χ2v) is 6.16. The second kappa shape index (κ2) is 5.70. The maximum atomic E-state index is 11.4. The van der Waals surface area contributed by atoms with Gasteiger partial charge in [0.05, 0.1) is 10.9 Å². The zero-order valence-corrected chi connectivity index (χ0v) is 12.1. The van der Waals surface area contributed by atoms with E-state index < -0.39 is 10.0 Å². The van der Waals surface area contributed by atoms with Crippen molar-refractivity contribution in [3.63, 3.8) is 0 Å². The largest absolute Gasteiger partial charge is 0.301 e. The van der Waals surface area contributed by atoms with Crippen molar-refractivity contribution in [3.8, 4) is 0 Å². The minimum atomic E-state index is -3.69. The quantitative estimate of drug-likeness (QED) is 0.757. The molecule has 2 atom stereocenters. The summed E-state index contributed by atoms with van der Waals surface area (Å²) >= 11 is 0. The van der Waals surface area contributed by atoms with Gasteiger partial charge >= 0.3 is 0 Å². The highest BCUT2D eigenvalue weighted by Gasteiger charge is 2.15. The van der Waals surface area contributed by atoms with Gasteiger partial charge in [-0.05, 0) is 31.5 Å². The van der Waals surface area contributed by atoms with Crippen LogP contribution in [0.2, 0.25) is 0 Å². The molecule has 4 N–H and O–H groups in total. The Kier molecular flexibility index (Phi) is 4.17. The number of H-pyrrole nitrogens is 1. The molecule has 0 spiro atoms. The topological polar surface area (TPSA) is 114 Å². The van der Waals surface area contributed by atoms with Crippen LogP contribution in [0, 0.1) is 0 Å². The molecule has 0 aliphatic carbocycles. The molecule has 0 bridgehead atoms. The summed E-state index contributed by atoms with van der Waals surface area (Å²) in [4.78, 5) is 4.18. The first-order chi connectivity index (χ1) is 9.38. The number of rotatable bonds is 5. The van der Waals surface area contributed by atoms with Crippen molar-refractivity contribution < 1.29 is 8.42 Å². The summed E-state index contributed by atoms with van der Waals surface area (Å²) in [5, 5.41) is 15.0. The summed E-state index contributed by atoms with van der Waals surface area (Å²) in [5.74, 6) is 0.722. The van der Waals surface area contributed by atoms with E-state index >= 15 is 0 Å². The fourth-order valence-electron chi connectivity index (χ4n) is 1.93. The maximum absolute atomic E-state index is 11.4. The Labute approximate surface area is 117 Å². The van der Waals surface area contributed by atoms with Crippen molar-refractivity contribution >= 4 is 10.0 Å². The van der Waals surface area contributed by atoms with E-state index in [-0.39, 0.29) is 17.0 Å². The van der Waals surface area contributed by atoms with E-state index in [1.807, 2.05) is 19.9 Å². The lowest BCUT2D eigenvalue weighted by Crippen LogP contribution is -2.23. The normalized spacial score (nSPS) is 14.9. The molecule has 2 aromatic rings. The third-order valence-corrected chi connectivity index (χ3v) is 3.94. The Hall–Kier alpha value is -1.77. The standard InChI is InChI=1S/C12H17N5O2S/c1-8(16-9(2)12-14-7-15-17-12)10-4-3-5-11(6-10)20(13,18)19/h3-9,16H,1-2H3,(H2,13,18,19)(H,14,15,17). The Morgan fingerprint density at radius 1 is 1.30 bits per heavy atom. The highest BCUT2D eigenvalue weighted by Crippen LogP contribution is 2.19. The summed E-state index contributed by atoms with van der Waals surface area (Å²) in [5.41, 5.74) is 0.836. The van der Waals surface area contributed by atoms with Crippen molar-refractivity contribution in [2.75, 3.05) is 0 Å². The van der Waals surface area contributed by atoms with Crippen LogP contribution in [0.4, 0.5) is 0 Å². The van der Waals surface area contributed by atoms with E-state index in [1.165, 1.54) is 12.4 Å². The maximum Gasteiger partial charge on any atom is 0.238 e. The molecule has 0 fully saturated rings. The zero-order valence-electron chi connectivity index (χ0n) is 11.2. The lowest BCUT2D eigenvalue weighted by molar-refractivity contribution is 0.477. The number of hydrogen-bond acceptors (Lipinski definition) is 5. The van der Waals surface area contributed by atoms with Crippen molar-refractivity contribution in [1.29, 1.82) is 0 Å². The molecule has 2 unspecified atom stereocenters. The smallest absolute Gasteiger partial charge is 0.238 e. The monoisotopic (exact) mass is 295 g/mol. The van der Waals surface area contributed by atoms with Crippen LogP contribution >= 0.6 is 0 Å². The van der Waals surface area contributed by atoms with Gasteiger partial charge in [-0.3, -0.25) is 5.10 Å². The van der Waals surface area contributed by atoms with Gasteiger partial charge in [0.15, 0.2) is 0 Å². The van der Waals surface area contributed by atoms with Gasteiger partial charge in [0.1, 0.15) is 12.2 Å². The average molecular weight is 295 g/mol. The van der Waals surface area contributed by atoms with Crippen molar-refractivity contribution in [1.82, 2.24) is 20.5 Å². The minimum Gasteiger partial charge on any atom is -0.301 e. The molecule has 20 heavy (non-hydrogen) atoms. The first kappa shape index (κ1) is 14.6. The number of nitrogens with zero attached hydrogens (tertiary/aromatic N) is 2. The summed E-state index contributed by atoms with van der Waals surface area (Å²) in [6, 6.07) is 6.47. The molecule has 1 heterocycles. The van der Waals surface area contributed by atoms with Crippen molar-refractivity contribution in [2.24, 2.45) is 5.14 Å². The van der Waals surface area contributed by atoms with Gasteiger partial charge in [0, 0.05) is 6.04 Å². The van der Waals surface area contributed by atoms with E-state index in [2.05, 4.69) is 20.5 Å². The van der Waals surface area contributed by atoms with Crippen LogP contribution in [0.25, 0.3) is 0 Å². The molecule has 0 radical (unpaired) electrons. The Balaban J connectivity index is 2.15. The van der Waals surface area contributed by atoms with Crippen LogP contribution in [-0.2, 0) is 10.0 Å². The van der Waals surface area contributed by atoms with Crippen molar-refractivity contribution in [2.45, 2.75) is 30.8 Å². The van der Waals surface area contributed by atoms with Crippen molar-refractivity contribution in [3.05, 3.63) is 42.0 Å². The minimum absolute atomic E-state index is 0.0364. The molecule has 108 valence electrons. The van der Waals surface area contributed by atoms with Crippen LogP contribution in [0.1, 0.15) is 37.3 Å². The highest BCUT2D eigenvalue weighted by atomic mass is 32.2. The Morgan fingerprint density at radius 2 is 2.05 bits per heavy atom. The number of aromatic nitrogens is 3. The van der Waals surface area contributed by atoms with Crippen LogP contribution in [0.5, 0.6) is 0 Å². The van der Waals surface area contributed by atoms with Crippen LogP contribution in [0.3, 0.4) is 0 Å². The Bertz CT molecular complexity index is 669. The second-order valence-electron chi connectivity index (χ2n) is 4.60. The van der Waals surface area contributed by atoms with Gasteiger partial charge in [-0.15, -0.1) is 0 Å². The SMILES string of the molecule is CC(NC(C)c1ncn[nH]1)c1cccc(S(N)(=O)=O)c1. The van der Waals surface area contributed by atoms with Crippen LogP contribution < -0.4 is 10.5 Å². The van der Waals surface area contributed by atoms with E-state index in [1.54, 1.807) is 12.1 Å². The molecule has 8 heteroatoms. The summed E-state index contributed by atoms with van der Waals surface area (Å²) in [6.07, 6.45) is 1.44. The number of sulfonamides is 1. The summed E-state index contributed by atoms with van der Waals surface area (Å²) in [7, 11) is -3.69. The van der Waals surface area contributed by atoms with Crippen LogP contribution in [0.15, 0.2) is 35.5 Å². The predicted molar refractivity (Wildman–Crippen MR) is 74.2 cm³/mol. The number of nitrogens with two attached hydrogens (primary N) is 1. The fraction of sp³-hybridized carbons (Fsp3) is 0.333. The van der Waals surface area contributed by atoms with E-state index in [9.17, 15) is 8.42 Å². The molecule has 0 aliphatic heterocycles. The summed E-state index contributed by atoms with van der Waals surface area (Å²) < 4.78 is 22.7. The molecule has 1 aromatic carbocycles. The van der Waals surface area contributed by atoms with Gasteiger partial charge in [-0.25, -0.2) is 18.5 Å². The number of aromatic amines is 1. The average Bonchev–Trinajstić information content (AvgIpc) is 2.91. The lowest BCUT2D eigenvalue weighted by atomic mass is 10.1. The lowest BCUT2D eigenvalue weighted by Gasteiger charge is -2.19. The third kappa shape index (κ3) is 3.41. The number of hydrogen-bond donors (Lipinski definition) is 3. The fourth-order valence-corrected chi connectivity index (χ4v) is 2.50. The molecule has 2 rings (SSSR count). The van der Waals surface area contributed by atoms with Gasteiger partial charge in [-0.1, -0.05) is 12.1 Å². The summed E-state index contributed by atoms with van der Waals surface area (Å²) in [6.45, 7) is 3.88. The molecular formula is C12H17N5O2S. The van der Waals surface area contributed by atoms with Crippen LogP contribution in [-0.4, -0.2) is 23.6 Å². The van der Waals surface area contributed by atoms with Gasteiger partial charge in [-0.2, -0.15) is 5.10 Å². The molecule has 0 saturated heterocycles. The highest BCUT2D eigenvalue weighted by molar-refractivity contribution is 7.89. The zero-order chi connectivity index (χ0) is 14.8. The van der Waals surface area contributed by atoms with Gasteiger partial charge in [0.25, 0.3) is 0 Å². The van der Waals surface area contributed by atoms with E-state index in [0.29, 0.717) is 0 Å². The molecule has 7 nitrogen and oxygen atoms in total. The number of benzene rings is 1. The molecular weight excluding hydrogens is 278 g/mol. The van der Waals surface area contributed by atoms with E-state index in [0.717, 1.165) is 11.4 Å². The molecule has 0 saturated carbocycles. The molecule has 1 aromatic heterocycles. The molecule has 0 amide bonds. The van der Waals surface area contributed by atoms with Gasteiger partial charge in [0.2, 0.25) is 10.0 Å². The predicted octanol–water partition coefficient (Wildman–Crippen LogP) is 0.864. The molecule has 0 aliphatic rings. The third-order valence-electron chi connectivity index (χ3n) is 3.03. The van der Waals surface area contributed by atoms with E-state index in [4.69, 9.17) is 5.14 Å². The number of nitrogens with one attached hydrogen (secondary N) is 2.